The summed E-state index contributed by atoms with van der Waals surface area (Å²) in [7, 11) is 0. The van der Waals surface area contributed by atoms with Crippen molar-refractivity contribution in [3.8, 4) is 0 Å². The molecule has 0 unspecified atom stereocenters. The maximum Gasteiger partial charge on any atom is 0.221 e. The predicted octanol–water partition coefficient (Wildman–Crippen LogP) is 1.38. The molecule has 26 heavy (non-hydrogen) atoms. The first-order valence-electron chi connectivity index (χ1n) is 9.25. The minimum absolute atomic E-state index is 0.0517. The molecule has 0 aromatic carbocycles. The lowest BCUT2D eigenvalue weighted by atomic mass is 9.92. The minimum Gasteiger partial charge on any atom is -0.386 e. The smallest absolute Gasteiger partial charge is 0.221 e. The molecule has 1 saturated heterocycles. The van der Waals surface area contributed by atoms with Crippen molar-refractivity contribution in [3.63, 3.8) is 0 Å². The number of amides is 1. The zero-order chi connectivity index (χ0) is 18.4. The lowest BCUT2D eigenvalue weighted by Gasteiger charge is -2.39. The Bertz CT molecular complexity index is 718. The second kappa shape index (κ2) is 8.31. The van der Waals surface area contributed by atoms with Gasteiger partial charge in [-0.1, -0.05) is 13.0 Å². The van der Waals surface area contributed by atoms with Gasteiger partial charge < -0.3 is 19.9 Å². The summed E-state index contributed by atoms with van der Waals surface area (Å²) < 4.78 is 2.00. The fourth-order valence-corrected chi connectivity index (χ4v) is 3.42. The normalized spacial score (nSPS) is 20.2. The molecule has 2 aromatic rings. The van der Waals surface area contributed by atoms with Crippen LogP contribution in [0.1, 0.15) is 32.0 Å². The van der Waals surface area contributed by atoms with Crippen molar-refractivity contribution >= 4 is 11.7 Å². The van der Waals surface area contributed by atoms with Crippen LogP contribution < -0.4 is 10.2 Å². The van der Waals surface area contributed by atoms with E-state index in [0.717, 1.165) is 31.0 Å². The predicted molar refractivity (Wildman–Crippen MR) is 99.9 cm³/mol. The molecule has 7 nitrogen and oxygen atoms in total. The number of carbonyl (C=O) groups excluding carboxylic acids is 1. The van der Waals surface area contributed by atoms with Crippen molar-refractivity contribution in [2.75, 3.05) is 24.5 Å². The van der Waals surface area contributed by atoms with Crippen LogP contribution in [0.25, 0.3) is 0 Å². The highest BCUT2D eigenvalue weighted by atomic mass is 16.3. The summed E-state index contributed by atoms with van der Waals surface area (Å²) in [5.41, 5.74) is -0.922. The van der Waals surface area contributed by atoms with Crippen LogP contribution in [0.3, 0.4) is 0 Å². The molecule has 1 amide bonds. The van der Waals surface area contributed by atoms with Crippen LogP contribution in [0, 0.1) is 0 Å². The summed E-state index contributed by atoms with van der Waals surface area (Å²) in [6.07, 6.45) is 8.18. The van der Waals surface area contributed by atoms with Gasteiger partial charge in [-0.05, 0) is 25.0 Å². The Kier molecular flexibility index (Phi) is 5.88. The summed E-state index contributed by atoms with van der Waals surface area (Å²) in [6, 6.07) is 5.77. The molecule has 3 rings (SSSR count). The van der Waals surface area contributed by atoms with Gasteiger partial charge in [0, 0.05) is 57.6 Å². The van der Waals surface area contributed by atoms with Crippen molar-refractivity contribution < 1.29 is 9.90 Å². The van der Waals surface area contributed by atoms with E-state index < -0.39 is 5.60 Å². The molecule has 0 spiro atoms. The molecule has 1 aliphatic rings. The first-order chi connectivity index (χ1) is 12.6. The molecule has 1 fully saturated rings. The molecular weight excluding hydrogens is 330 g/mol. The van der Waals surface area contributed by atoms with E-state index in [0.29, 0.717) is 25.9 Å². The Hall–Kier alpha value is -2.41. The number of imidazole rings is 1. The number of pyridine rings is 1. The standard InChI is InChI=1S/C19H27N5O2/c1-2-16-21-10-13-23(16)12-7-18(25)22-14-19(26)8-5-11-24(15-19)17-6-3-4-9-20-17/h3-4,6,9-10,13,26H,2,5,7-8,11-12,14-15H2,1H3,(H,22,25)/t19-/m0/s1. The maximum atomic E-state index is 12.2. The van der Waals surface area contributed by atoms with E-state index >= 15 is 0 Å². The molecule has 0 saturated carbocycles. The van der Waals surface area contributed by atoms with Crippen LogP contribution in [0.4, 0.5) is 5.82 Å². The van der Waals surface area contributed by atoms with Crippen molar-refractivity contribution in [2.45, 2.75) is 44.8 Å². The number of carbonyl (C=O) groups is 1. The highest BCUT2D eigenvalue weighted by molar-refractivity contribution is 5.75. The average molecular weight is 357 g/mol. The van der Waals surface area contributed by atoms with Crippen molar-refractivity contribution in [1.82, 2.24) is 19.9 Å². The van der Waals surface area contributed by atoms with Gasteiger partial charge >= 0.3 is 0 Å². The van der Waals surface area contributed by atoms with Crippen molar-refractivity contribution in [2.24, 2.45) is 0 Å². The van der Waals surface area contributed by atoms with Crippen molar-refractivity contribution in [1.29, 1.82) is 0 Å². The Morgan fingerprint density at radius 3 is 3.00 bits per heavy atom. The Labute approximate surface area is 154 Å². The molecule has 0 aliphatic carbocycles. The van der Waals surface area contributed by atoms with E-state index in [4.69, 9.17) is 0 Å². The number of β-amino-alcohol motifs (C(OH)–C–C–N with tert-alkyl or cyclic N) is 1. The molecule has 140 valence electrons. The number of aromatic nitrogens is 3. The van der Waals surface area contributed by atoms with Gasteiger partial charge in [-0.25, -0.2) is 9.97 Å². The summed E-state index contributed by atoms with van der Waals surface area (Å²) in [4.78, 5) is 22.9. The summed E-state index contributed by atoms with van der Waals surface area (Å²) in [6.45, 7) is 4.26. The number of aliphatic hydroxyl groups is 1. The second-order valence-corrected chi connectivity index (χ2v) is 6.85. The lowest BCUT2D eigenvalue weighted by Crippen LogP contribution is -2.54. The molecule has 0 bridgehead atoms. The number of rotatable bonds is 7. The highest BCUT2D eigenvalue weighted by Crippen LogP contribution is 2.24. The van der Waals surface area contributed by atoms with Crippen LogP contribution in [0.2, 0.25) is 0 Å². The zero-order valence-electron chi connectivity index (χ0n) is 15.3. The van der Waals surface area contributed by atoms with Crippen LogP contribution >= 0.6 is 0 Å². The minimum atomic E-state index is -0.922. The second-order valence-electron chi connectivity index (χ2n) is 6.85. The monoisotopic (exact) mass is 357 g/mol. The van der Waals surface area contributed by atoms with Gasteiger partial charge in [0.25, 0.3) is 0 Å². The molecule has 1 aliphatic heterocycles. The lowest BCUT2D eigenvalue weighted by molar-refractivity contribution is -0.122. The summed E-state index contributed by atoms with van der Waals surface area (Å²) >= 11 is 0. The van der Waals surface area contributed by atoms with E-state index in [1.807, 2.05) is 35.9 Å². The number of hydrogen-bond acceptors (Lipinski definition) is 5. The Morgan fingerprint density at radius 1 is 1.35 bits per heavy atom. The molecular formula is C19H27N5O2. The highest BCUT2D eigenvalue weighted by Gasteiger charge is 2.34. The van der Waals surface area contributed by atoms with Crippen LogP contribution in [0.5, 0.6) is 0 Å². The third-order valence-corrected chi connectivity index (χ3v) is 4.84. The summed E-state index contributed by atoms with van der Waals surface area (Å²) in [5, 5.41) is 13.8. The van der Waals surface area contributed by atoms with Gasteiger partial charge in [-0.3, -0.25) is 4.79 Å². The van der Waals surface area contributed by atoms with E-state index in [1.54, 1.807) is 12.4 Å². The third-order valence-electron chi connectivity index (χ3n) is 4.84. The molecule has 2 aromatic heterocycles. The number of hydrogen-bond donors (Lipinski definition) is 2. The molecule has 0 radical (unpaired) electrons. The maximum absolute atomic E-state index is 12.2. The van der Waals surface area contributed by atoms with Crippen molar-refractivity contribution in [3.05, 3.63) is 42.6 Å². The first-order valence-corrected chi connectivity index (χ1v) is 9.25. The van der Waals surface area contributed by atoms with Gasteiger partial charge in [0.05, 0.1) is 5.60 Å². The zero-order valence-corrected chi connectivity index (χ0v) is 15.3. The molecule has 7 heteroatoms. The molecule has 3 heterocycles. The van der Waals surface area contributed by atoms with E-state index in [2.05, 4.69) is 20.2 Å². The van der Waals surface area contributed by atoms with Crippen LogP contribution in [-0.2, 0) is 17.8 Å². The van der Waals surface area contributed by atoms with Gasteiger partial charge in [0.15, 0.2) is 0 Å². The summed E-state index contributed by atoms with van der Waals surface area (Å²) in [5.74, 6) is 1.79. The number of anilines is 1. The van der Waals surface area contributed by atoms with Crippen LogP contribution in [-0.4, -0.2) is 50.8 Å². The Morgan fingerprint density at radius 2 is 2.23 bits per heavy atom. The number of nitrogens with one attached hydrogen (secondary N) is 1. The quantitative estimate of drug-likeness (QED) is 0.782. The number of aryl methyl sites for hydroxylation is 2. The largest absolute Gasteiger partial charge is 0.386 e. The fourth-order valence-electron chi connectivity index (χ4n) is 3.42. The van der Waals surface area contributed by atoms with E-state index in [1.165, 1.54) is 0 Å². The third kappa shape index (κ3) is 4.60. The fraction of sp³-hybridized carbons (Fsp3) is 0.526. The first kappa shape index (κ1) is 18.4. The van der Waals surface area contributed by atoms with Gasteiger partial charge in [-0.2, -0.15) is 0 Å². The van der Waals surface area contributed by atoms with Crippen LogP contribution in [0.15, 0.2) is 36.8 Å². The molecule has 1 atom stereocenters. The average Bonchev–Trinajstić information content (AvgIpc) is 3.13. The molecule has 2 N–H and O–H groups in total. The van der Waals surface area contributed by atoms with E-state index in [9.17, 15) is 9.90 Å². The number of piperidine rings is 1. The van der Waals surface area contributed by atoms with E-state index in [-0.39, 0.29) is 12.5 Å². The topological polar surface area (TPSA) is 83.3 Å². The van der Waals surface area contributed by atoms with Gasteiger partial charge in [0.2, 0.25) is 5.91 Å². The Balaban J connectivity index is 1.49. The van der Waals surface area contributed by atoms with Gasteiger partial charge in [0.1, 0.15) is 11.6 Å². The number of nitrogens with zero attached hydrogens (tertiary/aromatic N) is 4. The SMILES string of the molecule is CCc1nccn1CCC(=O)NC[C@@]1(O)CCCN(c2ccccn2)C1. The van der Waals surface area contributed by atoms with Gasteiger partial charge in [-0.15, -0.1) is 0 Å².